The van der Waals surface area contributed by atoms with Crippen LogP contribution in [-0.4, -0.2) is 32.5 Å². The average Bonchev–Trinajstić information content (AvgIpc) is 2.69. The van der Waals surface area contributed by atoms with Gasteiger partial charge in [0.25, 0.3) is 11.2 Å². The van der Waals surface area contributed by atoms with Crippen LogP contribution in [0, 0.1) is 17.0 Å². The first-order valence-corrected chi connectivity index (χ1v) is 8.93. The molecule has 138 valence electrons. The fourth-order valence-electron chi connectivity index (χ4n) is 3.41. The number of nitro benzene ring substituents is 1. The van der Waals surface area contributed by atoms with Gasteiger partial charge in [-0.2, -0.15) is 0 Å². The molecule has 8 nitrogen and oxygen atoms in total. The van der Waals surface area contributed by atoms with Gasteiger partial charge < -0.3 is 4.90 Å². The first kappa shape index (κ1) is 17.1. The van der Waals surface area contributed by atoms with Crippen molar-refractivity contribution < 1.29 is 4.92 Å². The summed E-state index contributed by atoms with van der Waals surface area (Å²) < 4.78 is 1.39. The molecule has 0 aliphatic carbocycles. The number of hydrogen-bond donors (Lipinski definition) is 0. The molecule has 1 aromatic carbocycles. The number of fused-ring (bicyclic) bond motifs is 1. The van der Waals surface area contributed by atoms with Crippen LogP contribution in [0.15, 0.2) is 41.5 Å². The summed E-state index contributed by atoms with van der Waals surface area (Å²) in [5, 5.41) is 11.6. The van der Waals surface area contributed by atoms with Gasteiger partial charge in [-0.05, 0) is 38.3 Å². The first-order valence-electron chi connectivity index (χ1n) is 8.93. The van der Waals surface area contributed by atoms with Crippen molar-refractivity contribution in [2.24, 2.45) is 0 Å². The molecule has 1 aliphatic heterocycles. The van der Waals surface area contributed by atoms with Crippen LogP contribution in [0.25, 0.3) is 16.6 Å². The molecule has 0 atom stereocenters. The number of anilines is 1. The van der Waals surface area contributed by atoms with E-state index in [2.05, 4.69) is 14.9 Å². The van der Waals surface area contributed by atoms with Gasteiger partial charge in [-0.3, -0.25) is 19.5 Å². The molecule has 1 saturated heterocycles. The van der Waals surface area contributed by atoms with Gasteiger partial charge in [0, 0.05) is 37.1 Å². The van der Waals surface area contributed by atoms with Crippen LogP contribution in [0.2, 0.25) is 0 Å². The number of aromatic nitrogens is 3. The third-order valence-corrected chi connectivity index (χ3v) is 4.94. The Kier molecular flexibility index (Phi) is 4.31. The molecule has 4 rings (SSSR count). The molecule has 8 heteroatoms. The number of nitrogens with zero attached hydrogens (tertiary/aromatic N) is 5. The largest absolute Gasteiger partial charge is 0.341 e. The van der Waals surface area contributed by atoms with Crippen LogP contribution < -0.4 is 10.5 Å². The maximum Gasteiger partial charge on any atom is 0.274 e. The van der Waals surface area contributed by atoms with Crippen molar-refractivity contribution in [2.45, 2.75) is 26.2 Å². The number of aryl methyl sites for hydroxylation is 1. The fraction of sp³-hybridized carbons (Fsp3) is 0.316. The molecular formula is C19H19N5O3. The molecule has 0 saturated carbocycles. The lowest BCUT2D eigenvalue weighted by atomic mass is 10.1. The van der Waals surface area contributed by atoms with Crippen LogP contribution in [0.5, 0.6) is 0 Å². The average molecular weight is 365 g/mol. The second-order valence-corrected chi connectivity index (χ2v) is 6.74. The van der Waals surface area contributed by atoms with Gasteiger partial charge in [0.15, 0.2) is 0 Å². The smallest absolute Gasteiger partial charge is 0.274 e. The molecule has 3 heterocycles. The Morgan fingerprint density at radius 2 is 1.93 bits per heavy atom. The highest BCUT2D eigenvalue weighted by Gasteiger charge is 2.16. The van der Waals surface area contributed by atoms with Crippen molar-refractivity contribution in [1.82, 2.24) is 14.5 Å². The van der Waals surface area contributed by atoms with E-state index >= 15 is 0 Å². The second kappa shape index (κ2) is 6.79. The number of benzene rings is 1. The number of pyridine rings is 1. The molecule has 0 bridgehead atoms. The Balaban J connectivity index is 1.78. The van der Waals surface area contributed by atoms with Crippen molar-refractivity contribution >= 4 is 22.5 Å². The minimum Gasteiger partial charge on any atom is -0.341 e. The summed E-state index contributed by atoms with van der Waals surface area (Å²) in [6.07, 6.45) is 6.61. The van der Waals surface area contributed by atoms with E-state index in [9.17, 15) is 14.9 Å². The predicted molar refractivity (Wildman–Crippen MR) is 103 cm³/mol. The van der Waals surface area contributed by atoms with E-state index in [-0.39, 0.29) is 11.2 Å². The van der Waals surface area contributed by atoms with Crippen LogP contribution in [-0.2, 0) is 0 Å². The van der Waals surface area contributed by atoms with E-state index in [1.165, 1.54) is 17.1 Å². The Hall–Kier alpha value is -3.29. The standard InChI is InChI=1S/C19H19N5O3/c1-13-5-6-14(11-17(13)24(26)27)23-10-7-16-15(18(23)25)12-20-19(21-16)22-8-3-2-4-9-22/h5-7,10-12H,2-4,8-9H2,1H3. The molecule has 0 spiro atoms. The normalized spacial score (nSPS) is 14.5. The number of rotatable bonds is 3. The highest BCUT2D eigenvalue weighted by molar-refractivity contribution is 5.78. The third-order valence-electron chi connectivity index (χ3n) is 4.94. The summed E-state index contributed by atoms with van der Waals surface area (Å²) in [5.74, 6) is 0.644. The summed E-state index contributed by atoms with van der Waals surface area (Å²) in [6.45, 7) is 3.52. The second-order valence-electron chi connectivity index (χ2n) is 6.74. The van der Waals surface area contributed by atoms with E-state index in [0.717, 1.165) is 25.9 Å². The number of nitro groups is 1. The monoisotopic (exact) mass is 365 g/mol. The fourth-order valence-corrected chi connectivity index (χ4v) is 3.41. The molecule has 2 aromatic heterocycles. The van der Waals surface area contributed by atoms with E-state index in [1.807, 2.05) is 0 Å². The van der Waals surface area contributed by atoms with Crippen molar-refractivity contribution in [2.75, 3.05) is 18.0 Å². The topological polar surface area (TPSA) is 94.2 Å². The number of piperidine rings is 1. The molecule has 0 radical (unpaired) electrons. The van der Waals surface area contributed by atoms with Crippen molar-refractivity contribution in [1.29, 1.82) is 0 Å². The Morgan fingerprint density at radius 1 is 1.15 bits per heavy atom. The zero-order chi connectivity index (χ0) is 19.0. The van der Waals surface area contributed by atoms with Crippen LogP contribution in [0.1, 0.15) is 24.8 Å². The van der Waals surface area contributed by atoms with E-state index in [0.29, 0.717) is 28.1 Å². The summed E-state index contributed by atoms with van der Waals surface area (Å²) >= 11 is 0. The van der Waals surface area contributed by atoms with E-state index in [4.69, 9.17) is 0 Å². The quantitative estimate of drug-likeness (QED) is 0.523. The minimum absolute atomic E-state index is 0.0174. The Bertz CT molecular complexity index is 1090. The highest BCUT2D eigenvalue weighted by Crippen LogP contribution is 2.22. The number of hydrogen-bond acceptors (Lipinski definition) is 6. The Labute approximate surface area is 155 Å². The zero-order valence-corrected chi connectivity index (χ0v) is 15.0. The Morgan fingerprint density at radius 3 is 2.67 bits per heavy atom. The van der Waals surface area contributed by atoms with E-state index < -0.39 is 4.92 Å². The van der Waals surface area contributed by atoms with Gasteiger partial charge >= 0.3 is 0 Å². The first-order chi connectivity index (χ1) is 13.0. The van der Waals surface area contributed by atoms with E-state index in [1.54, 1.807) is 37.5 Å². The van der Waals surface area contributed by atoms with Gasteiger partial charge in [0.1, 0.15) is 0 Å². The van der Waals surface area contributed by atoms with Crippen molar-refractivity contribution in [3.05, 3.63) is 62.7 Å². The lowest BCUT2D eigenvalue weighted by Gasteiger charge is -2.26. The predicted octanol–water partition coefficient (Wildman–Crippen LogP) is 2.99. The molecule has 1 aliphatic rings. The molecule has 0 unspecified atom stereocenters. The molecule has 3 aromatic rings. The van der Waals surface area contributed by atoms with Gasteiger partial charge in [-0.15, -0.1) is 0 Å². The van der Waals surface area contributed by atoms with Crippen molar-refractivity contribution in [3.63, 3.8) is 0 Å². The summed E-state index contributed by atoms with van der Waals surface area (Å²) in [4.78, 5) is 34.7. The highest BCUT2D eigenvalue weighted by atomic mass is 16.6. The molecule has 0 N–H and O–H groups in total. The maximum atomic E-state index is 12.9. The molecule has 27 heavy (non-hydrogen) atoms. The van der Waals surface area contributed by atoms with Gasteiger partial charge in [-0.25, -0.2) is 9.97 Å². The van der Waals surface area contributed by atoms with Crippen LogP contribution in [0.4, 0.5) is 11.6 Å². The third kappa shape index (κ3) is 3.14. The lowest BCUT2D eigenvalue weighted by Crippen LogP contribution is -2.31. The zero-order valence-electron chi connectivity index (χ0n) is 15.0. The molecular weight excluding hydrogens is 346 g/mol. The van der Waals surface area contributed by atoms with Crippen molar-refractivity contribution in [3.8, 4) is 5.69 Å². The van der Waals surface area contributed by atoms with Crippen LogP contribution in [0.3, 0.4) is 0 Å². The summed E-state index contributed by atoms with van der Waals surface area (Å²) in [5.41, 5.74) is 1.26. The summed E-state index contributed by atoms with van der Waals surface area (Å²) in [7, 11) is 0. The molecule has 1 fully saturated rings. The maximum absolute atomic E-state index is 12.9. The van der Waals surface area contributed by atoms with Gasteiger partial charge in [0.05, 0.1) is 21.5 Å². The van der Waals surface area contributed by atoms with Gasteiger partial charge in [-0.1, -0.05) is 6.07 Å². The minimum atomic E-state index is -0.446. The summed E-state index contributed by atoms with van der Waals surface area (Å²) in [6, 6.07) is 6.49. The van der Waals surface area contributed by atoms with Crippen LogP contribution >= 0.6 is 0 Å². The molecule has 0 amide bonds. The van der Waals surface area contributed by atoms with Gasteiger partial charge in [0.2, 0.25) is 5.95 Å². The lowest BCUT2D eigenvalue weighted by molar-refractivity contribution is -0.385. The SMILES string of the molecule is Cc1ccc(-n2ccc3nc(N4CCCCC4)ncc3c2=O)cc1[N+](=O)[O-].